The number of hydrogen-bond donors (Lipinski definition) is 0. The molecule has 1 amide bonds. The van der Waals surface area contributed by atoms with Crippen molar-refractivity contribution in [1.29, 1.82) is 0 Å². The summed E-state index contributed by atoms with van der Waals surface area (Å²) in [5.74, 6) is -0.833. The molecule has 0 unspecified atom stereocenters. The van der Waals surface area contributed by atoms with E-state index in [1.807, 2.05) is 19.9 Å². The Morgan fingerprint density at radius 1 is 1.25 bits per heavy atom. The minimum Gasteiger partial charge on any atom is -0.452 e. The smallest absolute Gasteiger partial charge is 0.338 e. The lowest BCUT2D eigenvalue weighted by atomic mass is 10.1. The van der Waals surface area contributed by atoms with Crippen molar-refractivity contribution in [2.24, 2.45) is 0 Å². The van der Waals surface area contributed by atoms with E-state index in [0.717, 1.165) is 11.1 Å². The minimum atomic E-state index is -3.07. The second-order valence-corrected chi connectivity index (χ2v) is 8.34. The zero-order valence-corrected chi connectivity index (χ0v) is 15.1. The predicted molar refractivity (Wildman–Crippen MR) is 90.6 cm³/mol. The highest BCUT2D eigenvalue weighted by atomic mass is 32.2. The van der Waals surface area contributed by atoms with E-state index in [1.165, 1.54) is 4.90 Å². The molecule has 1 aliphatic heterocycles. The van der Waals surface area contributed by atoms with Crippen molar-refractivity contribution >= 4 is 21.7 Å². The molecule has 1 heterocycles. The van der Waals surface area contributed by atoms with Gasteiger partial charge in [-0.05, 0) is 50.5 Å². The molecule has 0 bridgehead atoms. The Labute approximate surface area is 142 Å². The van der Waals surface area contributed by atoms with Gasteiger partial charge in [0.15, 0.2) is 16.4 Å². The lowest BCUT2D eigenvalue weighted by Gasteiger charge is -2.26. The van der Waals surface area contributed by atoms with Crippen LogP contribution in [0.4, 0.5) is 0 Å². The second kappa shape index (κ2) is 7.34. The van der Waals surface area contributed by atoms with Crippen LogP contribution in [0.15, 0.2) is 18.2 Å². The van der Waals surface area contributed by atoms with E-state index < -0.39 is 15.8 Å². The monoisotopic (exact) mass is 353 g/mol. The highest BCUT2D eigenvalue weighted by Gasteiger charge is 2.34. The summed E-state index contributed by atoms with van der Waals surface area (Å²) in [6.45, 7) is 5.64. The summed E-state index contributed by atoms with van der Waals surface area (Å²) in [6.07, 6.45) is 0.438. The molecule has 0 radical (unpaired) electrons. The molecule has 6 nitrogen and oxygen atoms in total. The van der Waals surface area contributed by atoms with Crippen molar-refractivity contribution in [2.75, 3.05) is 24.7 Å². The van der Waals surface area contributed by atoms with Gasteiger partial charge in [-0.25, -0.2) is 13.2 Å². The fourth-order valence-corrected chi connectivity index (χ4v) is 4.55. The zero-order valence-electron chi connectivity index (χ0n) is 14.2. The topological polar surface area (TPSA) is 80.8 Å². The maximum absolute atomic E-state index is 12.3. The van der Waals surface area contributed by atoms with Gasteiger partial charge in [-0.3, -0.25) is 4.79 Å². The molecule has 1 aromatic rings. The number of nitrogens with zero attached hydrogens (tertiary/aromatic N) is 1. The van der Waals surface area contributed by atoms with Gasteiger partial charge in [-0.15, -0.1) is 0 Å². The molecule has 132 valence electrons. The number of aryl methyl sites for hydroxylation is 2. The third kappa shape index (κ3) is 4.35. The molecule has 1 saturated heterocycles. The van der Waals surface area contributed by atoms with Gasteiger partial charge in [0, 0.05) is 12.6 Å². The van der Waals surface area contributed by atoms with Gasteiger partial charge in [0.1, 0.15) is 0 Å². The average Bonchev–Trinajstić information content (AvgIpc) is 2.88. The van der Waals surface area contributed by atoms with Crippen LogP contribution >= 0.6 is 0 Å². The second-order valence-electron chi connectivity index (χ2n) is 6.11. The van der Waals surface area contributed by atoms with Crippen LogP contribution in [0.25, 0.3) is 0 Å². The lowest BCUT2D eigenvalue weighted by molar-refractivity contribution is -0.136. The molecule has 2 rings (SSSR count). The molecule has 1 aliphatic rings. The molecule has 7 heteroatoms. The number of amides is 1. The van der Waals surface area contributed by atoms with Crippen molar-refractivity contribution in [2.45, 2.75) is 33.2 Å². The molecule has 1 aromatic carbocycles. The lowest BCUT2D eigenvalue weighted by Crippen LogP contribution is -2.43. The molecular formula is C17H23NO5S. The third-order valence-corrected chi connectivity index (χ3v) is 6.13. The first kappa shape index (κ1) is 18.4. The number of carbonyl (C=O) groups is 2. The Balaban J connectivity index is 1.95. The fraction of sp³-hybridized carbons (Fsp3) is 0.529. The van der Waals surface area contributed by atoms with Crippen molar-refractivity contribution in [1.82, 2.24) is 4.90 Å². The molecular weight excluding hydrogens is 330 g/mol. The van der Waals surface area contributed by atoms with Gasteiger partial charge in [0.2, 0.25) is 0 Å². The number of rotatable bonds is 5. The van der Waals surface area contributed by atoms with E-state index >= 15 is 0 Å². The summed E-state index contributed by atoms with van der Waals surface area (Å²) in [6, 6.07) is 4.89. The Hall–Kier alpha value is -1.89. The van der Waals surface area contributed by atoms with Crippen LogP contribution < -0.4 is 0 Å². The molecule has 0 aromatic heterocycles. The molecule has 0 N–H and O–H groups in total. The van der Waals surface area contributed by atoms with Gasteiger partial charge >= 0.3 is 5.97 Å². The van der Waals surface area contributed by atoms with E-state index in [1.54, 1.807) is 19.1 Å². The van der Waals surface area contributed by atoms with Crippen LogP contribution in [0.2, 0.25) is 0 Å². The molecule has 0 saturated carbocycles. The fourth-order valence-electron chi connectivity index (χ4n) is 2.82. The zero-order chi connectivity index (χ0) is 17.9. The van der Waals surface area contributed by atoms with Gasteiger partial charge in [-0.1, -0.05) is 6.07 Å². The SMILES string of the molecule is CCN(C(=O)COC(=O)c1ccc(C)c(C)c1)[C@@H]1CCS(=O)(=O)C1. The number of carbonyl (C=O) groups excluding carboxylic acids is 2. The molecule has 0 spiro atoms. The number of benzene rings is 1. The van der Waals surface area contributed by atoms with Gasteiger partial charge in [0.05, 0.1) is 17.1 Å². The van der Waals surface area contributed by atoms with E-state index in [9.17, 15) is 18.0 Å². The maximum atomic E-state index is 12.3. The van der Waals surface area contributed by atoms with Crippen molar-refractivity contribution in [3.63, 3.8) is 0 Å². The Bertz CT molecular complexity index is 741. The number of likely N-dealkylation sites (N-methyl/N-ethyl adjacent to an activating group) is 1. The van der Waals surface area contributed by atoms with E-state index in [-0.39, 0.29) is 30.1 Å². The van der Waals surface area contributed by atoms with E-state index in [2.05, 4.69) is 0 Å². The van der Waals surface area contributed by atoms with Crippen LogP contribution in [0.5, 0.6) is 0 Å². The summed E-state index contributed by atoms with van der Waals surface area (Å²) < 4.78 is 28.2. The van der Waals surface area contributed by atoms with Crippen molar-refractivity contribution in [3.05, 3.63) is 34.9 Å². The Kier molecular flexibility index (Phi) is 5.64. The quantitative estimate of drug-likeness (QED) is 0.749. The summed E-state index contributed by atoms with van der Waals surface area (Å²) in [5, 5.41) is 0. The Morgan fingerprint density at radius 3 is 2.50 bits per heavy atom. The van der Waals surface area contributed by atoms with Gasteiger partial charge < -0.3 is 9.64 Å². The first-order valence-electron chi connectivity index (χ1n) is 7.97. The number of sulfone groups is 1. The summed E-state index contributed by atoms with van der Waals surface area (Å²) in [5.41, 5.74) is 2.45. The standard InChI is InChI=1S/C17H23NO5S/c1-4-18(15-7-8-24(21,22)11-15)16(19)10-23-17(20)14-6-5-12(2)13(3)9-14/h5-6,9,15H,4,7-8,10-11H2,1-3H3/t15-/m1/s1. The molecule has 1 atom stereocenters. The number of esters is 1. The van der Waals surface area contributed by atoms with E-state index in [0.29, 0.717) is 18.5 Å². The third-order valence-electron chi connectivity index (χ3n) is 4.38. The highest BCUT2D eigenvalue weighted by molar-refractivity contribution is 7.91. The number of hydrogen-bond acceptors (Lipinski definition) is 5. The molecule has 0 aliphatic carbocycles. The van der Waals surface area contributed by atoms with Crippen LogP contribution in [0.1, 0.15) is 34.8 Å². The minimum absolute atomic E-state index is 0.0162. The largest absolute Gasteiger partial charge is 0.452 e. The first-order valence-corrected chi connectivity index (χ1v) is 9.80. The van der Waals surface area contributed by atoms with Crippen molar-refractivity contribution < 1.29 is 22.7 Å². The Morgan fingerprint density at radius 2 is 1.96 bits per heavy atom. The highest BCUT2D eigenvalue weighted by Crippen LogP contribution is 2.18. The van der Waals surface area contributed by atoms with E-state index in [4.69, 9.17) is 4.74 Å². The summed E-state index contributed by atoms with van der Waals surface area (Å²) in [7, 11) is -3.07. The maximum Gasteiger partial charge on any atom is 0.338 e. The first-order chi connectivity index (χ1) is 11.2. The summed E-state index contributed by atoms with van der Waals surface area (Å²) in [4.78, 5) is 25.8. The van der Waals surface area contributed by atoms with Crippen LogP contribution in [0, 0.1) is 13.8 Å². The summed E-state index contributed by atoms with van der Waals surface area (Å²) >= 11 is 0. The van der Waals surface area contributed by atoms with Crippen molar-refractivity contribution in [3.8, 4) is 0 Å². The normalized spacial score (nSPS) is 19.0. The van der Waals surface area contributed by atoms with Crippen LogP contribution in [-0.4, -0.2) is 55.9 Å². The molecule has 24 heavy (non-hydrogen) atoms. The van der Waals surface area contributed by atoms with Gasteiger partial charge in [-0.2, -0.15) is 0 Å². The van der Waals surface area contributed by atoms with Crippen LogP contribution in [0.3, 0.4) is 0 Å². The van der Waals surface area contributed by atoms with Crippen LogP contribution in [-0.2, 0) is 19.4 Å². The molecule has 1 fully saturated rings. The number of ether oxygens (including phenoxy) is 1. The van der Waals surface area contributed by atoms with Gasteiger partial charge in [0.25, 0.3) is 5.91 Å². The predicted octanol–water partition coefficient (Wildman–Crippen LogP) is 1.50. The average molecular weight is 353 g/mol.